The van der Waals surface area contributed by atoms with Crippen molar-refractivity contribution in [3.05, 3.63) is 40.7 Å². The number of urea groups is 1. The number of nitrogens with one attached hydrogen (secondary N) is 1. The molecule has 0 saturated carbocycles. The van der Waals surface area contributed by atoms with E-state index in [-0.39, 0.29) is 6.03 Å². The predicted molar refractivity (Wildman–Crippen MR) is 97.6 cm³/mol. The highest BCUT2D eigenvalue weighted by atomic mass is 35.5. The van der Waals surface area contributed by atoms with E-state index in [1.54, 1.807) is 0 Å². The van der Waals surface area contributed by atoms with Gasteiger partial charge in [0.1, 0.15) is 5.82 Å². The van der Waals surface area contributed by atoms with Gasteiger partial charge >= 0.3 is 6.03 Å². The van der Waals surface area contributed by atoms with Crippen LogP contribution in [0.5, 0.6) is 0 Å². The lowest BCUT2D eigenvalue weighted by Crippen LogP contribution is -2.52. The highest BCUT2D eigenvalue weighted by Gasteiger charge is 2.28. The number of likely N-dealkylation sites (N-methyl/N-ethyl adjacent to an activating group) is 1. The summed E-state index contributed by atoms with van der Waals surface area (Å²) < 4.78 is 0. The second-order valence-corrected chi connectivity index (χ2v) is 7.20. The van der Waals surface area contributed by atoms with Crippen molar-refractivity contribution < 1.29 is 4.79 Å². The number of amides is 2. The number of carbonyl (C=O) groups excluding carboxylic acids is 1. The first-order valence-corrected chi connectivity index (χ1v) is 9.04. The number of carbonyl (C=O) groups is 1. The second-order valence-electron chi connectivity index (χ2n) is 6.76. The number of piperazine rings is 1. The second kappa shape index (κ2) is 6.69. The van der Waals surface area contributed by atoms with E-state index in [0.717, 1.165) is 61.9 Å². The molecule has 0 unspecified atom stereocenters. The number of benzene rings is 1. The highest BCUT2D eigenvalue weighted by Crippen LogP contribution is 2.24. The molecule has 1 N–H and O–H groups in total. The average molecular weight is 360 g/mol. The summed E-state index contributed by atoms with van der Waals surface area (Å²) in [4.78, 5) is 27.0. The largest absolute Gasteiger partial charge is 0.340 e. The molecule has 2 aliphatic rings. The van der Waals surface area contributed by atoms with Crippen LogP contribution in [0.3, 0.4) is 0 Å². The van der Waals surface area contributed by atoms with Crippen LogP contribution >= 0.6 is 11.6 Å². The van der Waals surface area contributed by atoms with Crippen LogP contribution in [-0.2, 0) is 13.0 Å². The molecule has 7 heteroatoms. The van der Waals surface area contributed by atoms with Gasteiger partial charge in [0.15, 0.2) is 0 Å². The maximum atomic E-state index is 12.8. The quantitative estimate of drug-likeness (QED) is 0.851. The summed E-state index contributed by atoms with van der Waals surface area (Å²) in [6.45, 7) is 4.81. The van der Waals surface area contributed by atoms with Crippen LogP contribution in [0, 0.1) is 0 Å². The van der Waals surface area contributed by atoms with Gasteiger partial charge in [0.05, 0.1) is 17.9 Å². The normalized spacial score (nSPS) is 18.3. The van der Waals surface area contributed by atoms with Gasteiger partial charge in [-0.25, -0.2) is 9.78 Å². The van der Waals surface area contributed by atoms with Crippen LogP contribution in [0.1, 0.15) is 11.4 Å². The van der Waals surface area contributed by atoms with Crippen LogP contribution in [0.15, 0.2) is 24.3 Å². The Hall–Kier alpha value is -2.05. The number of hydrogen-bond acceptors (Lipinski definition) is 3. The smallest absolute Gasteiger partial charge is 0.320 e. The van der Waals surface area contributed by atoms with E-state index in [9.17, 15) is 4.79 Å². The van der Waals surface area contributed by atoms with E-state index in [2.05, 4.69) is 16.9 Å². The molecular weight excluding hydrogens is 338 g/mol. The van der Waals surface area contributed by atoms with Gasteiger partial charge in [0.2, 0.25) is 0 Å². The van der Waals surface area contributed by atoms with Crippen molar-refractivity contribution in [3.8, 4) is 11.4 Å². The van der Waals surface area contributed by atoms with Gasteiger partial charge < -0.3 is 19.7 Å². The molecule has 2 aliphatic heterocycles. The lowest BCUT2D eigenvalue weighted by atomic mass is 10.1. The van der Waals surface area contributed by atoms with Crippen molar-refractivity contribution in [2.75, 3.05) is 39.8 Å². The molecule has 4 rings (SSSR count). The molecule has 6 nitrogen and oxygen atoms in total. The third-order valence-electron chi connectivity index (χ3n) is 4.99. The van der Waals surface area contributed by atoms with Gasteiger partial charge in [-0.2, -0.15) is 0 Å². The van der Waals surface area contributed by atoms with Crippen LogP contribution in [0.25, 0.3) is 11.4 Å². The molecule has 1 aromatic carbocycles. The summed E-state index contributed by atoms with van der Waals surface area (Å²) in [7, 11) is 2.10. The lowest BCUT2D eigenvalue weighted by molar-refractivity contribution is 0.118. The molecule has 0 radical (unpaired) electrons. The number of H-pyrrole nitrogens is 1. The molecule has 2 amide bonds. The summed E-state index contributed by atoms with van der Waals surface area (Å²) in [5, 5.41) is 0.712. The van der Waals surface area contributed by atoms with E-state index in [0.29, 0.717) is 11.6 Å². The Labute approximate surface area is 152 Å². The number of aromatic nitrogens is 2. The Kier molecular flexibility index (Phi) is 4.39. The first-order chi connectivity index (χ1) is 12.1. The molecule has 3 heterocycles. The van der Waals surface area contributed by atoms with E-state index >= 15 is 0 Å². The zero-order valence-corrected chi connectivity index (χ0v) is 15.1. The van der Waals surface area contributed by atoms with E-state index in [1.165, 1.54) is 0 Å². The molecule has 2 aromatic rings. The van der Waals surface area contributed by atoms with Crippen molar-refractivity contribution in [2.45, 2.75) is 13.0 Å². The van der Waals surface area contributed by atoms with Gasteiger partial charge in [-0.15, -0.1) is 0 Å². The Morgan fingerprint density at radius 2 is 1.80 bits per heavy atom. The molecule has 0 bridgehead atoms. The minimum atomic E-state index is 0.140. The van der Waals surface area contributed by atoms with Crippen molar-refractivity contribution in [1.82, 2.24) is 24.7 Å². The third kappa shape index (κ3) is 3.37. The van der Waals surface area contributed by atoms with Crippen molar-refractivity contribution in [1.29, 1.82) is 0 Å². The molecule has 1 saturated heterocycles. The number of hydrogen-bond donors (Lipinski definition) is 1. The monoisotopic (exact) mass is 359 g/mol. The van der Waals surface area contributed by atoms with Gasteiger partial charge in [-0.3, -0.25) is 0 Å². The van der Waals surface area contributed by atoms with Crippen molar-refractivity contribution in [2.24, 2.45) is 0 Å². The number of rotatable bonds is 1. The first kappa shape index (κ1) is 16.4. The average Bonchev–Trinajstić information content (AvgIpc) is 3.05. The number of nitrogens with zero attached hydrogens (tertiary/aromatic N) is 4. The summed E-state index contributed by atoms with van der Waals surface area (Å²) in [6, 6.07) is 7.78. The van der Waals surface area contributed by atoms with Crippen LogP contribution in [0.2, 0.25) is 5.02 Å². The molecule has 0 aliphatic carbocycles. The highest BCUT2D eigenvalue weighted by molar-refractivity contribution is 6.30. The van der Waals surface area contributed by atoms with Crippen LogP contribution in [0.4, 0.5) is 4.79 Å². The maximum absolute atomic E-state index is 12.8. The maximum Gasteiger partial charge on any atom is 0.320 e. The molecule has 1 aromatic heterocycles. The van der Waals surface area contributed by atoms with Crippen molar-refractivity contribution >= 4 is 17.6 Å². The Morgan fingerprint density at radius 1 is 1.08 bits per heavy atom. The number of halogens is 1. The zero-order chi connectivity index (χ0) is 17.4. The van der Waals surface area contributed by atoms with Gasteiger partial charge in [0.25, 0.3) is 0 Å². The summed E-state index contributed by atoms with van der Waals surface area (Å²) in [6.07, 6.45) is 0.791. The van der Waals surface area contributed by atoms with Crippen LogP contribution < -0.4 is 0 Å². The lowest BCUT2D eigenvalue weighted by Gasteiger charge is -2.37. The third-order valence-corrected chi connectivity index (χ3v) is 5.25. The topological polar surface area (TPSA) is 55.5 Å². The predicted octanol–water partition coefficient (Wildman–Crippen LogP) is 2.46. The fraction of sp³-hybridized carbons (Fsp3) is 0.444. The molecule has 0 spiro atoms. The number of imidazole rings is 1. The molecular formula is C18H22ClN5O. The SMILES string of the molecule is CN1CCN(C(=O)N2CCc3nc(-c4ccc(Cl)cc4)[nH]c3C2)CC1. The van der Waals surface area contributed by atoms with E-state index < -0.39 is 0 Å². The van der Waals surface area contributed by atoms with Gasteiger partial charge in [-0.1, -0.05) is 11.6 Å². The summed E-state index contributed by atoms with van der Waals surface area (Å²) in [5.74, 6) is 0.843. The zero-order valence-electron chi connectivity index (χ0n) is 14.3. The Bertz CT molecular complexity index is 764. The van der Waals surface area contributed by atoms with Gasteiger partial charge in [0, 0.05) is 49.7 Å². The van der Waals surface area contributed by atoms with Gasteiger partial charge in [-0.05, 0) is 31.3 Å². The molecule has 25 heavy (non-hydrogen) atoms. The number of fused-ring (bicyclic) bond motifs is 1. The Balaban J connectivity index is 1.48. The fourth-order valence-electron chi connectivity index (χ4n) is 3.40. The summed E-state index contributed by atoms with van der Waals surface area (Å²) >= 11 is 5.95. The van der Waals surface area contributed by atoms with Crippen molar-refractivity contribution in [3.63, 3.8) is 0 Å². The molecule has 1 fully saturated rings. The standard InChI is InChI=1S/C18H22ClN5O/c1-22-8-10-23(11-9-22)18(25)24-7-6-15-16(12-24)21-17(20-15)13-2-4-14(19)5-3-13/h2-5H,6-12H2,1H3,(H,20,21). The summed E-state index contributed by atoms with van der Waals surface area (Å²) in [5.41, 5.74) is 3.11. The van der Waals surface area contributed by atoms with Crippen LogP contribution in [-0.4, -0.2) is 70.5 Å². The van der Waals surface area contributed by atoms with E-state index in [4.69, 9.17) is 16.6 Å². The van der Waals surface area contributed by atoms with E-state index in [1.807, 2.05) is 34.1 Å². The minimum absolute atomic E-state index is 0.140. The molecule has 0 atom stereocenters. The first-order valence-electron chi connectivity index (χ1n) is 8.66. The minimum Gasteiger partial charge on any atom is -0.340 e. The fourth-order valence-corrected chi connectivity index (χ4v) is 3.53. The number of aromatic amines is 1. The Morgan fingerprint density at radius 3 is 2.52 bits per heavy atom. The molecule has 132 valence electrons.